The Kier molecular flexibility index (Phi) is 4.58. The number of aromatic nitrogens is 1. The van der Waals surface area contributed by atoms with Crippen LogP contribution < -0.4 is 10.1 Å². The fourth-order valence-electron chi connectivity index (χ4n) is 1.67. The molecule has 2 rings (SSSR count). The van der Waals surface area contributed by atoms with Crippen molar-refractivity contribution in [2.24, 2.45) is 5.41 Å². The van der Waals surface area contributed by atoms with Crippen molar-refractivity contribution in [2.75, 3.05) is 0 Å². The van der Waals surface area contributed by atoms with Gasteiger partial charge in [0.1, 0.15) is 5.75 Å². The second-order valence-electron chi connectivity index (χ2n) is 5.85. The maximum atomic E-state index is 11.9. The first kappa shape index (κ1) is 15.0. The van der Waals surface area contributed by atoms with Gasteiger partial charge in [-0.25, -0.2) is 4.98 Å². The molecule has 0 saturated carbocycles. The minimum Gasteiger partial charge on any atom is -0.439 e. The Balaban J connectivity index is 2.00. The lowest BCUT2D eigenvalue weighted by molar-refractivity contribution is -0.128. The Morgan fingerprint density at radius 1 is 1.19 bits per heavy atom. The van der Waals surface area contributed by atoms with Crippen molar-refractivity contribution < 1.29 is 9.53 Å². The number of carbonyl (C=O) groups is 1. The van der Waals surface area contributed by atoms with Gasteiger partial charge in [-0.1, -0.05) is 39.0 Å². The van der Waals surface area contributed by atoms with Crippen LogP contribution in [0.25, 0.3) is 0 Å². The SMILES string of the molecule is CC(C)(C)C(=O)NCc1ccnc(Oc2ccccc2)c1. The van der Waals surface area contributed by atoms with Crippen LogP contribution in [0.1, 0.15) is 26.3 Å². The normalized spacial score (nSPS) is 11.0. The fourth-order valence-corrected chi connectivity index (χ4v) is 1.67. The van der Waals surface area contributed by atoms with Crippen molar-refractivity contribution >= 4 is 5.91 Å². The highest BCUT2D eigenvalue weighted by molar-refractivity contribution is 5.81. The molecule has 0 atom stereocenters. The van der Waals surface area contributed by atoms with Crippen LogP contribution in [0.4, 0.5) is 0 Å². The van der Waals surface area contributed by atoms with Crippen molar-refractivity contribution in [3.05, 3.63) is 54.2 Å². The molecule has 0 saturated heterocycles. The van der Waals surface area contributed by atoms with Gasteiger partial charge >= 0.3 is 0 Å². The van der Waals surface area contributed by atoms with E-state index in [4.69, 9.17) is 4.74 Å². The first-order chi connectivity index (χ1) is 9.95. The number of nitrogens with zero attached hydrogens (tertiary/aromatic N) is 1. The summed E-state index contributed by atoms with van der Waals surface area (Å²) in [4.78, 5) is 16.0. The van der Waals surface area contributed by atoms with Gasteiger partial charge in [0.2, 0.25) is 11.8 Å². The minimum atomic E-state index is -0.392. The van der Waals surface area contributed by atoms with Crippen LogP contribution >= 0.6 is 0 Å². The smallest absolute Gasteiger partial charge is 0.225 e. The van der Waals surface area contributed by atoms with Crippen LogP contribution in [-0.2, 0) is 11.3 Å². The Morgan fingerprint density at radius 3 is 2.57 bits per heavy atom. The van der Waals surface area contributed by atoms with E-state index in [1.807, 2.05) is 63.2 Å². The number of carbonyl (C=O) groups excluding carboxylic acids is 1. The van der Waals surface area contributed by atoms with E-state index in [2.05, 4.69) is 10.3 Å². The van der Waals surface area contributed by atoms with Crippen molar-refractivity contribution in [3.8, 4) is 11.6 Å². The Morgan fingerprint density at radius 2 is 1.90 bits per heavy atom. The Bertz CT molecular complexity index is 604. The first-order valence-electron chi connectivity index (χ1n) is 6.91. The van der Waals surface area contributed by atoms with E-state index in [-0.39, 0.29) is 5.91 Å². The van der Waals surface area contributed by atoms with E-state index in [1.165, 1.54) is 0 Å². The largest absolute Gasteiger partial charge is 0.439 e. The van der Waals surface area contributed by atoms with Gasteiger partial charge in [0, 0.05) is 24.2 Å². The van der Waals surface area contributed by atoms with Gasteiger partial charge < -0.3 is 10.1 Å². The summed E-state index contributed by atoms with van der Waals surface area (Å²) in [6.45, 7) is 6.13. The monoisotopic (exact) mass is 284 g/mol. The summed E-state index contributed by atoms with van der Waals surface area (Å²) in [5, 5.41) is 2.91. The van der Waals surface area contributed by atoms with E-state index in [9.17, 15) is 4.79 Å². The molecule has 1 aromatic carbocycles. The van der Waals surface area contributed by atoms with Gasteiger partial charge in [-0.3, -0.25) is 4.79 Å². The second kappa shape index (κ2) is 6.39. The van der Waals surface area contributed by atoms with Crippen LogP contribution in [0.5, 0.6) is 11.6 Å². The van der Waals surface area contributed by atoms with E-state index >= 15 is 0 Å². The van der Waals surface area contributed by atoms with Crippen LogP contribution in [-0.4, -0.2) is 10.9 Å². The molecule has 0 aliphatic carbocycles. The molecular formula is C17H20N2O2. The first-order valence-corrected chi connectivity index (χ1v) is 6.91. The molecule has 0 fully saturated rings. The summed E-state index contributed by atoms with van der Waals surface area (Å²) >= 11 is 0. The molecule has 1 N–H and O–H groups in total. The highest BCUT2D eigenvalue weighted by Crippen LogP contribution is 2.19. The van der Waals surface area contributed by atoms with Gasteiger partial charge in [0.15, 0.2) is 0 Å². The van der Waals surface area contributed by atoms with Gasteiger partial charge in [-0.15, -0.1) is 0 Å². The van der Waals surface area contributed by atoms with E-state index in [0.717, 1.165) is 11.3 Å². The van der Waals surface area contributed by atoms with Crippen LogP contribution in [0, 0.1) is 5.41 Å². The number of para-hydroxylation sites is 1. The molecule has 0 aliphatic rings. The number of benzene rings is 1. The molecule has 1 aromatic heterocycles. The summed E-state index contributed by atoms with van der Waals surface area (Å²) in [5.74, 6) is 1.27. The fraction of sp³-hybridized carbons (Fsp3) is 0.294. The maximum Gasteiger partial charge on any atom is 0.225 e. The highest BCUT2D eigenvalue weighted by atomic mass is 16.5. The molecular weight excluding hydrogens is 264 g/mol. The minimum absolute atomic E-state index is 0.0184. The molecule has 2 aromatic rings. The molecule has 4 nitrogen and oxygen atoms in total. The van der Waals surface area contributed by atoms with Gasteiger partial charge in [0.25, 0.3) is 0 Å². The molecule has 0 bridgehead atoms. The summed E-state index contributed by atoms with van der Waals surface area (Å²) in [6, 6.07) is 13.2. The van der Waals surface area contributed by atoms with Crippen molar-refractivity contribution in [2.45, 2.75) is 27.3 Å². The maximum absolute atomic E-state index is 11.9. The lowest BCUT2D eigenvalue weighted by atomic mass is 9.95. The van der Waals surface area contributed by atoms with Gasteiger partial charge in [0.05, 0.1) is 0 Å². The molecule has 4 heteroatoms. The third-order valence-electron chi connectivity index (χ3n) is 2.90. The average Bonchev–Trinajstić information content (AvgIpc) is 2.45. The van der Waals surface area contributed by atoms with E-state index < -0.39 is 5.41 Å². The van der Waals surface area contributed by atoms with Gasteiger partial charge in [-0.2, -0.15) is 0 Å². The van der Waals surface area contributed by atoms with E-state index in [0.29, 0.717) is 12.4 Å². The average molecular weight is 284 g/mol. The molecule has 0 radical (unpaired) electrons. The quantitative estimate of drug-likeness (QED) is 0.934. The number of amides is 1. The zero-order valence-electron chi connectivity index (χ0n) is 12.6. The third-order valence-corrected chi connectivity index (χ3v) is 2.90. The predicted molar refractivity (Wildman–Crippen MR) is 82.1 cm³/mol. The molecule has 0 unspecified atom stereocenters. The highest BCUT2D eigenvalue weighted by Gasteiger charge is 2.20. The van der Waals surface area contributed by atoms with Crippen LogP contribution in [0.3, 0.4) is 0 Å². The molecule has 0 aliphatic heterocycles. The van der Waals surface area contributed by atoms with Gasteiger partial charge in [-0.05, 0) is 23.8 Å². The Labute approximate surface area is 125 Å². The zero-order chi connectivity index (χ0) is 15.3. The standard InChI is InChI=1S/C17H20N2O2/c1-17(2,3)16(20)19-12-13-9-10-18-15(11-13)21-14-7-5-4-6-8-14/h4-11H,12H2,1-3H3,(H,19,20). The Hall–Kier alpha value is -2.36. The van der Waals surface area contributed by atoms with Crippen LogP contribution in [0.2, 0.25) is 0 Å². The number of rotatable bonds is 4. The molecule has 1 heterocycles. The number of hydrogen-bond donors (Lipinski definition) is 1. The summed E-state index contributed by atoms with van der Waals surface area (Å²) in [7, 11) is 0. The lowest BCUT2D eigenvalue weighted by Crippen LogP contribution is -2.34. The number of ether oxygens (including phenoxy) is 1. The molecule has 1 amide bonds. The number of pyridine rings is 1. The van der Waals surface area contributed by atoms with Crippen molar-refractivity contribution in [1.82, 2.24) is 10.3 Å². The summed E-state index contributed by atoms with van der Waals surface area (Å²) < 4.78 is 5.67. The summed E-state index contributed by atoms with van der Waals surface area (Å²) in [6.07, 6.45) is 1.68. The number of hydrogen-bond acceptors (Lipinski definition) is 3. The molecule has 21 heavy (non-hydrogen) atoms. The van der Waals surface area contributed by atoms with Crippen molar-refractivity contribution in [1.29, 1.82) is 0 Å². The molecule has 0 spiro atoms. The zero-order valence-corrected chi connectivity index (χ0v) is 12.6. The second-order valence-corrected chi connectivity index (χ2v) is 5.85. The topological polar surface area (TPSA) is 51.2 Å². The summed E-state index contributed by atoms with van der Waals surface area (Å²) in [5.41, 5.74) is 0.560. The van der Waals surface area contributed by atoms with E-state index in [1.54, 1.807) is 6.20 Å². The molecule has 110 valence electrons. The number of nitrogens with one attached hydrogen (secondary N) is 1. The third kappa shape index (κ3) is 4.60. The predicted octanol–water partition coefficient (Wildman–Crippen LogP) is 3.54. The van der Waals surface area contributed by atoms with Crippen LogP contribution in [0.15, 0.2) is 48.7 Å². The van der Waals surface area contributed by atoms with Crippen molar-refractivity contribution in [3.63, 3.8) is 0 Å². The lowest BCUT2D eigenvalue weighted by Gasteiger charge is -2.17.